The van der Waals surface area contributed by atoms with Crippen LogP contribution in [0.2, 0.25) is 0 Å². The van der Waals surface area contributed by atoms with Gasteiger partial charge in [0.15, 0.2) is 0 Å². The zero-order valence-electron chi connectivity index (χ0n) is 34.0. The predicted molar refractivity (Wildman–Crippen MR) is 226 cm³/mol. The highest BCUT2D eigenvalue weighted by atomic mass is 16.5. The third-order valence-electron chi connectivity index (χ3n) is 12.1. The van der Waals surface area contributed by atoms with Gasteiger partial charge in [0.1, 0.15) is 18.1 Å². The Morgan fingerprint density at radius 1 is 0.793 bits per heavy atom. The second-order valence-electron chi connectivity index (χ2n) is 16.3. The molecule has 5 aromatic rings. The molecular weight excluding hydrogens is 727 g/mol. The molecule has 0 radical (unpaired) electrons. The smallest absolute Gasteiger partial charge is 0.259 e. The molecule has 0 saturated carbocycles. The summed E-state index contributed by atoms with van der Waals surface area (Å²) in [7, 11) is 5.78. The van der Waals surface area contributed by atoms with Gasteiger partial charge < -0.3 is 34.0 Å². The molecule has 8 rings (SSSR count). The van der Waals surface area contributed by atoms with E-state index in [1.807, 2.05) is 66.4 Å². The summed E-state index contributed by atoms with van der Waals surface area (Å²) < 4.78 is 8.11. The summed E-state index contributed by atoms with van der Waals surface area (Å²) in [5.41, 5.74) is 10.1. The molecule has 300 valence electrons. The van der Waals surface area contributed by atoms with Crippen LogP contribution >= 0.6 is 0 Å². The highest BCUT2D eigenvalue weighted by Gasteiger charge is 2.33. The van der Waals surface area contributed by atoms with Gasteiger partial charge in [-0.15, -0.1) is 0 Å². The largest absolute Gasteiger partial charge is 0.508 e. The van der Waals surface area contributed by atoms with Crippen molar-refractivity contribution in [2.45, 2.75) is 71.1 Å². The zero-order valence-corrected chi connectivity index (χ0v) is 34.0. The summed E-state index contributed by atoms with van der Waals surface area (Å²) in [6.45, 7) is 5.81. The van der Waals surface area contributed by atoms with E-state index in [2.05, 4.69) is 40.7 Å². The molecule has 4 heterocycles. The van der Waals surface area contributed by atoms with Gasteiger partial charge in [-0.3, -0.25) is 14.4 Å². The fraction of sp³-hybridized carbons (Fsp3) is 0.354. The van der Waals surface area contributed by atoms with Gasteiger partial charge in [0.2, 0.25) is 5.91 Å². The minimum absolute atomic E-state index is 0.00791. The van der Waals surface area contributed by atoms with Crippen LogP contribution in [0.4, 0.5) is 5.69 Å². The van der Waals surface area contributed by atoms with Gasteiger partial charge in [-0.2, -0.15) is 0 Å². The van der Waals surface area contributed by atoms with Gasteiger partial charge >= 0.3 is 0 Å². The Labute approximate surface area is 341 Å². The number of hydrogen-bond acceptors (Lipinski definition) is 6. The lowest BCUT2D eigenvalue weighted by molar-refractivity contribution is -0.131. The Morgan fingerprint density at radius 2 is 1.55 bits per heavy atom. The van der Waals surface area contributed by atoms with Gasteiger partial charge in [0.05, 0.1) is 12.0 Å². The number of anilines is 1. The van der Waals surface area contributed by atoms with Crippen LogP contribution in [0.1, 0.15) is 74.0 Å². The van der Waals surface area contributed by atoms with Crippen molar-refractivity contribution in [2.24, 2.45) is 0 Å². The summed E-state index contributed by atoms with van der Waals surface area (Å²) in [6.07, 6.45) is 4.45. The molecule has 0 aliphatic carbocycles. The van der Waals surface area contributed by atoms with E-state index in [1.165, 1.54) is 5.56 Å². The summed E-state index contributed by atoms with van der Waals surface area (Å²) in [5.74, 6) is 0.803. The van der Waals surface area contributed by atoms with Gasteiger partial charge in [0.25, 0.3) is 11.8 Å². The third-order valence-corrected chi connectivity index (χ3v) is 12.1. The minimum atomic E-state index is -0.129. The lowest BCUT2D eigenvalue weighted by atomic mass is 9.89. The van der Waals surface area contributed by atoms with Crippen molar-refractivity contribution in [3.8, 4) is 22.8 Å². The molecule has 58 heavy (non-hydrogen) atoms. The standard InChI is InChI=1S/C48H53N5O5/c1-32-25-34-9-5-6-10-36(34)31-53(32)48(57)42-28-37-30-51(46(55)26-33-12-18-40(19-13-33)58-24-23-49(2)3)22-20-35(37)27-41(42)45-29-43(44-11-7-8-21-52(44)45)47(56)50(4)38-14-16-39(54)17-15-38/h5-6,9-10,12-19,27-29,32,54H,7-8,11,20-26,30-31H2,1-4H3/t32-/m1/s1. The predicted octanol–water partition coefficient (Wildman–Crippen LogP) is 7.13. The first-order chi connectivity index (χ1) is 28.0. The zero-order chi connectivity index (χ0) is 40.5. The molecule has 0 saturated heterocycles. The monoisotopic (exact) mass is 779 g/mol. The maximum absolute atomic E-state index is 15.0. The number of hydrogen-bond donors (Lipinski definition) is 1. The molecule has 4 aromatic carbocycles. The molecular formula is C48H53N5O5. The highest BCUT2D eigenvalue weighted by Crippen LogP contribution is 2.38. The number of phenolic OH excluding ortho intramolecular Hbond substituents is 1. The number of rotatable bonds is 10. The maximum atomic E-state index is 15.0. The van der Waals surface area contributed by atoms with Crippen molar-refractivity contribution in [3.63, 3.8) is 0 Å². The van der Waals surface area contributed by atoms with E-state index in [1.54, 1.807) is 36.2 Å². The van der Waals surface area contributed by atoms with Gasteiger partial charge in [-0.05, 0) is 136 Å². The first-order valence-corrected chi connectivity index (χ1v) is 20.5. The van der Waals surface area contributed by atoms with Crippen LogP contribution in [-0.2, 0) is 50.1 Å². The average Bonchev–Trinajstić information content (AvgIpc) is 3.62. The molecule has 0 unspecified atom stereocenters. The normalized spacial score (nSPS) is 16.1. The second-order valence-corrected chi connectivity index (χ2v) is 16.3. The fourth-order valence-electron chi connectivity index (χ4n) is 8.71. The number of carbonyl (C=O) groups excluding carboxylic acids is 3. The Hall–Kier alpha value is -5.87. The number of fused-ring (bicyclic) bond motifs is 3. The van der Waals surface area contributed by atoms with E-state index in [0.29, 0.717) is 49.5 Å². The number of benzene rings is 4. The van der Waals surface area contributed by atoms with Crippen molar-refractivity contribution in [1.29, 1.82) is 0 Å². The lowest BCUT2D eigenvalue weighted by Gasteiger charge is -2.36. The van der Waals surface area contributed by atoms with E-state index in [4.69, 9.17) is 4.74 Å². The van der Waals surface area contributed by atoms with Crippen molar-refractivity contribution < 1.29 is 24.2 Å². The Balaban J connectivity index is 1.13. The molecule has 0 bridgehead atoms. The molecule has 1 N–H and O–H groups in total. The number of ether oxygens (including phenoxy) is 1. The van der Waals surface area contributed by atoms with Gasteiger partial charge in [-0.1, -0.05) is 36.4 Å². The molecule has 3 amide bonds. The third kappa shape index (κ3) is 7.98. The lowest BCUT2D eigenvalue weighted by Crippen LogP contribution is -2.43. The molecule has 1 atom stereocenters. The minimum Gasteiger partial charge on any atom is -0.508 e. The molecule has 0 fully saturated rings. The number of phenols is 1. The second kappa shape index (κ2) is 16.5. The van der Waals surface area contributed by atoms with E-state index >= 15 is 4.79 Å². The van der Waals surface area contributed by atoms with Crippen molar-refractivity contribution in [1.82, 2.24) is 19.3 Å². The molecule has 3 aliphatic heterocycles. The first-order valence-electron chi connectivity index (χ1n) is 20.5. The SMILES string of the molecule is C[C@@H]1Cc2ccccc2CN1C(=O)c1cc2c(cc1-c1cc(C(=O)N(C)c3ccc(O)cc3)c3n1CCCC3)CCN(C(=O)Cc1ccc(OCCN(C)C)cc1)C2. The summed E-state index contributed by atoms with van der Waals surface area (Å²) in [4.78, 5) is 50.7. The van der Waals surface area contributed by atoms with Crippen LogP contribution in [0, 0.1) is 0 Å². The molecule has 0 spiro atoms. The number of aromatic nitrogens is 1. The van der Waals surface area contributed by atoms with Crippen LogP contribution in [-0.4, -0.2) is 89.0 Å². The van der Waals surface area contributed by atoms with Crippen LogP contribution < -0.4 is 9.64 Å². The highest BCUT2D eigenvalue weighted by molar-refractivity contribution is 6.08. The average molecular weight is 780 g/mol. The van der Waals surface area contributed by atoms with E-state index < -0.39 is 0 Å². The Bertz CT molecular complexity index is 2330. The maximum Gasteiger partial charge on any atom is 0.259 e. The number of carbonyl (C=O) groups is 3. The van der Waals surface area contributed by atoms with Crippen molar-refractivity contribution >= 4 is 23.4 Å². The molecule has 10 heteroatoms. The summed E-state index contributed by atoms with van der Waals surface area (Å²) >= 11 is 0. The Kier molecular flexibility index (Phi) is 11.1. The van der Waals surface area contributed by atoms with E-state index in [9.17, 15) is 14.7 Å². The topological polar surface area (TPSA) is 98.6 Å². The van der Waals surface area contributed by atoms with Crippen LogP contribution in [0.3, 0.4) is 0 Å². The molecule has 3 aliphatic rings. The van der Waals surface area contributed by atoms with Crippen molar-refractivity contribution in [3.05, 3.63) is 136 Å². The fourth-order valence-corrected chi connectivity index (χ4v) is 8.71. The quantitative estimate of drug-likeness (QED) is 0.162. The number of amides is 3. The van der Waals surface area contributed by atoms with Crippen LogP contribution in [0.25, 0.3) is 11.3 Å². The summed E-state index contributed by atoms with van der Waals surface area (Å²) in [5, 5.41) is 9.88. The number of aromatic hydroxyl groups is 1. The molecule has 10 nitrogen and oxygen atoms in total. The first kappa shape index (κ1) is 39.0. The van der Waals surface area contributed by atoms with E-state index in [0.717, 1.165) is 83.7 Å². The molecule has 1 aromatic heterocycles. The summed E-state index contributed by atoms with van der Waals surface area (Å²) in [6, 6.07) is 28.9. The number of nitrogens with zero attached hydrogens (tertiary/aromatic N) is 5. The van der Waals surface area contributed by atoms with Crippen molar-refractivity contribution in [2.75, 3.05) is 45.7 Å². The van der Waals surface area contributed by atoms with Gasteiger partial charge in [-0.25, -0.2) is 0 Å². The number of likely N-dealkylation sites (N-methyl/N-ethyl adjacent to an activating group) is 1. The van der Waals surface area contributed by atoms with E-state index in [-0.39, 0.29) is 35.9 Å². The van der Waals surface area contributed by atoms with Crippen LogP contribution in [0.5, 0.6) is 11.5 Å². The van der Waals surface area contributed by atoms with Crippen LogP contribution in [0.15, 0.2) is 91.0 Å². The Morgan fingerprint density at radius 3 is 2.31 bits per heavy atom. The van der Waals surface area contributed by atoms with Gasteiger partial charge in [0, 0.05) is 74.0 Å².